The van der Waals surface area contributed by atoms with Crippen molar-refractivity contribution in [2.75, 3.05) is 5.32 Å². The lowest BCUT2D eigenvalue weighted by Crippen LogP contribution is -2.40. The standard InChI is InChI=1S/C17H20N6O3S2/c1-17(2,3)23-28(25,26)13-6-4-5-11(7-13)20-14(24)8-12-9-27-16(21-12)15-18-10-19-22-15/h4-7,9-10,23H,8H2,1-3H3,(H,20,24)(H,18,19,22). The van der Waals surface area contributed by atoms with E-state index in [0.29, 0.717) is 22.2 Å². The summed E-state index contributed by atoms with van der Waals surface area (Å²) in [6, 6.07) is 6.12. The van der Waals surface area contributed by atoms with Gasteiger partial charge in [0.2, 0.25) is 15.9 Å². The number of aromatic nitrogens is 4. The van der Waals surface area contributed by atoms with Crippen LogP contribution in [0.2, 0.25) is 0 Å². The summed E-state index contributed by atoms with van der Waals surface area (Å²) in [6.07, 6.45) is 1.44. The van der Waals surface area contributed by atoms with Crippen LogP contribution in [0.4, 0.5) is 5.69 Å². The van der Waals surface area contributed by atoms with Gasteiger partial charge in [-0.25, -0.2) is 23.1 Å². The van der Waals surface area contributed by atoms with Crippen molar-refractivity contribution in [1.82, 2.24) is 24.9 Å². The summed E-state index contributed by atoms with van der Waals surface area (Å²) in [5.41, 5.74) is 0.378. The van der Waals surface area contributed by atoms with Gasteiger partial charge in [0.05, 0.1) is 17.0 Å². The molecule has 11 heteroatoms. The Bertz CT molecular complexity index is 1070. The summed E-state index contributed by atoms with van der Waals surface area (Å²) in [5, 5.41) is 11.6. The van der Waals surface area contributed by atoms with Crippen LogP contribution in [0.15, 0.2) is 40.9 Å². The molecule has 0 unspecified atom stereocenters. The average Bonchev–Trinajstić information content (AvgIpc) is 3.24. The minimum atomic E-state index is -3.69. The van der Waals surface area contributed by atoms with Gasteiger partial charge in [-0.1, -0.05) is 6.07 Å². The molecule has 1 aromatic carbocycles. The van der Waals surface area contributed by atoms with Crippen molar-refractivity contribution in [2.45, 2.75) is 37.6 Å². The molecule has 0 radical (unpaired) electrons. The van der Waals surface area contributed by atoms with Crippen LogP contribution in [0.1, 0.15) is 26.5 Å². The highest BCUT2D eigenvalue weighted by Crippen LogP contribution is 2.21. The SMILES string of the molecule is CC(C)(C)NS(=O)(=O)c1cccc(NC(=O)Cc2csc(-c3ncn[nH]3)n2)c1. The van der Waals surface area contributed by atoms with E-state index in [4.69, 9.17) is 0 Å². The summed E-state index contributed by atoms with van der Waals surface area (Å²) >= 11 is 1.35. The van der Waals surface area contributed by atoms with Crippen LogP contribution >= 0.6 is 11.3 Å². The summed E-state index contributed by atoms with van der Waals surface area (Å²) in [6.45, 7) is 5.28. The number of carbonyl (C=O) groups is 1. The first-order chi connectivity index (χ1) is 13.1. The highest BCUT2D eigenvalue weighted by atomic mass is 32.2. The van der Waals surface area contributed by atoms with Crippen molar-refractivity contribution in [1.29, 1.82) is 0 Å². The predicted octanol–water partition coefficient (Wildman–Crippen LogP) is 2.19. The minimum Gasteiger partial charge on any atom is -0.326 e. The summed E-state index contributed by atoms with van der Waals surface area (Å²) in [5.74, 6) is 0.244. The number of carbonyl (C=O) groups excluding carboxylic acids is 1. The fraction of sp³-hybridized carbons (Fsp3) is 0.294. The Morgan fingerprint density at radius 1 is 1.29 bits per heavy atom. The lowest BCUT2D eigenvalue weighted by atomic mass is 10.1. The number of thiazole rings is 1. The van der Waals surface area contributed by atoms with Gasteiger partial charge in [-0.3, -0.25) is 9.89 Å². The van der Waals surface area contributed by atoms with Gasteiger partial charge in [-0.05, 0) is 39.0 Å². The van der Waals surface area contributed by atoms with Crippen LogP contribution < -0.4 is 10.0 Å². The number of anilines is 1. The molecule has 9 nitrogen and oxygen atoms in total. The second-order valence-electron chi connectivity index (χ2n) is 7.09. The van der Waals surface area contributed by atoms with E-state index in [9.17, 15) is 13.2 Å². The smallest absolute Gasteiger partial charge is 0.241 e. The van der Waals surface area contributed by atoms with Crippen LogP contribution in [-0.2, 0) is 21.2 Å². The Morgan fingerprint density at radius 2 is 2.07 bits per heavy atom. The molecule has 0 atom stereocenters. The van der Waals surface area contributed by atoms with Gasteiger partial charge in [0.1, 0.15) is 6.33 Å². The second kappa shape index (κ2) is 7.78. The molecule has 0 aliphatic heterocycles. The van der Waals surface area contributed by atoms with Crippen LogP contribution in [0.25, 0.3) is 10.8 Å². The van der Waals surface area contributed by atoms with Gasteiger partial charge in [0, 0.05) is 16.6 Å². The maximum absolute atomic E-state index is 12.4. The third kappa shape index (κ3) is 5.21. The third-order valence-corrected chi connectivity index (χ3v) is 6.03. The second-order valence-corrected chi connectivity index (χ2v) is 9.63. The molecule has 0 spiro atoms. The average molecular weight is 421 g/mol. The zero-order valence-corrected chi connectivity index (χ0v) is 17.2. The van der Waals surface area contributed by atoms with Crippen molar-refractivity contribution in [2.24, 2.45) is 0 Å². The molecular weight excluding hydrogens is 400 g/mol. The summed E-state index contributed by atoms with van der Waals surface area (Å²) in [7, 11) is -3.69. The number of H-pyrrole nitrogens is 1. The number of hydrogen-bond donors (Lipinski definition) is 3. The molecule has 3 rings (SSSR count). The Labute approximate surface area is 166 Å². The molecule has 0 saturated heterocycles. The Hall–Kier alpha value is -2.63. The third-order valence-electron chi connectivity index (χ3n) is 3.38. The molecule has 0 bridgehead atoms. The first-order valence-corrected chi connectivity index (χ1v) is 10.7. The summed E-state index contributed by atoms with van der Waals surface area (Å²) in [4.78, 5) is 20.8. The van der Waals surface area contributed by atoms with E-state index < -0.39 is 15.6 Å². The Balaban J connectivity index is 1.68. The number of amides is 1. The lowest BCUT2D eigenvalue weighted by molar-refractivity contribution is -0.115. The number of nitrogens with one attached hydrogen (secondary N) is 3. The summed E-state index contributed by atoms with van der Waals surface area (Å²) < 4.78 is 27.5. The molecule has 3 aromatic rings. The van der Waals surface area contributed by atoms with Crippen molar-refractivity contribution < 1.29 is 13.2 Å². The molecular formula is C17H20N6O3S2. The molecule has 28 heavy (non-hydrogen) atoms. The van der Waals surface area contributed by atoms with Gasteiger partial charge >= 0.3 is 0 Å². The first-order valence-electron chi connectivity index (χ1n) is 8.36. The normalized spacial score (nSPS) is 12.1. The number of benzene rings is 1. The predicted molar refractivity (Wildman–Crippen MR) is 106 cm³/mol. The van der Waals surface area contributed by atoms with E-state index >= 15 is 0 Å². The quantitative estimate of drug-likeness (QED) is 0.560. The highest BCUT2D eigenvalue weighted by Gasteiger charge is 2.22. The van der Waals surface area contributed by atoms with E-state index in [2.05, 4.69) is 30.2 Å². The first kappa shape index (κ1) is 20.1. The van der Waals surface area contributed by atoms with Crippen LogP contribution in [0.3, 0.4) is 0 Å². The zero-order chi connectivity index (χ0) is 20.4. The van der Waals surface area contributed by atoms with Crippen LogP contribution in [-0.4, -0.2) is 40.0 Å². The molecule has 3 N–H and O–H groups in total. The number of rotatable bonds is 6. The Morgan fingerprint density at radius 3 is 2.75 bits per heavy atom. The minimum absolute atomic E-state index is 0.0574. The molecule has 0 fully saturated rings. The maximum atomic E-state index is 12.4. The van der Waals surface area contributed by atoms with Crippen LogP contribution in [0.5, 0.6) is 0 Å². The van der Waals surface area contributed by atoms with E-state index in [0.717, 1.165) is 0 Å². The fourth-order valence-corrected chi connectivity index (χ4v) is 4.61. The van der Waals surface area contributed by atoms with E-state index in [-0.39, 0.29) is 17.2 Å². The van der Waals surface area contributed by atoms with E-state index in [1.165, 1.54) is 29.8 Å². The molecule has 0 saturated carbocycles. The van der Waals surface area contributed by atoms with Gasteiger partial charge in [-0.15, -0.1) is 11.3 Å². The molecule has 0 aliphatic carbocycles. The van der Waals surface area contributed by atoms with Gasteiger partial charge in [-0.2, -0.15) is 5.10 Å². The molecule has 148 valence electrons. The van der Waals surface area contributed by atoms with Crippen molar-refractivity contribution in [3.05, 3.63) is 41.7 Å². The maximum Gasteiger partial charge on any atom is 0.241 e. The largest absolute Gasteiger partial charge is 0.326 e. The number of nitrogens with zero attached hydrogens (tertiary/aromatic N) is 3. The molecule has 2 heterocycles. The van der Waals surface area contributed by atoms with Crippen molar-refractivity contribution in [3.8, 4) is 10.8 Å². The zero-order valence-electron chi connectivity index (χ0n) is 15.6. The van der Waals surface area contributed by atoms with E-state index in [1.54, 1.807) is 38.3 Å². The number of sulfonamides is 1. The van der Waals surface area contributed by atoms with Gasteiger partial charge in [0.25, 0.3) is 0 Å². The monoisotopic (exact) mass is 420 g/mol. The van der Waals surface area contributed by atoms with Gasteiger partial charge in [0.15, 0.2) is 10.8 Å². The van der Waals surface area contributed by atoms with Crippen molar-refractivity contribution >= 4 is 33.0 Å². The highest BCUT2D eigenvalue weighted by molar-refractivity contribution is 7.89. The van der Waals surface area contributed by atoms with E-state index in [1.807, 2.05) is 0 Å². The van der Waals surface area contributed by atoms with Crippen LogP contribution in [0, 0.1) is 0 Å². The molecule has 2 aromatic heterocycles. The fourth-order valence-electron chi connectivity index (χ4n) is 2.38. The topological polar surface area (TPSA) is 130 Å². The number of aromatic amines is 1. The molecule has 0 aliphatic rings. The van der Waals surface area contributed by atoms with Crippen molar-refractivity contribution in [3.63, 3.8) is 0 Å². The number of hydrogen-bond acceptors (Lipinski definition) is 7. The lowest BCUT2D eigenvalue weighted by Gasteiger charge is -2.20. The molecule has 1 amide bonds. The Kier molecular flexibility index (Phi) is 5.59. The van der Waals surface area contributed by atoms with Gasteiger partial charge < -0.3 is 5.32 Å².